The minimum absolute atomic E-state index is 0.187. The standard InChI is InChI=1S/C12H8N4OS/c17-11-9-2-1-5-14-10(9)15-12(18)16(11)8-3-6-13-7-4-8/h1-7H,(H,14,15,18). The molecule has 5 nitrogen and oxygen atoms in total. The van der Waals surface area contributed by atoms with Crippen LogP contribution in [-0.2, 0) is 0 Å². The fourth-order valence-corrected chi connectivity index (χ4v) is 2.06. The van der Waals surface area contributed by atoms with Crippen molar-refractivity contribution in [2.24, 2.45) is 0 Å². The number of rotatable bonds is 1. The van der Waals surface area contributed by atoms with E-state index in [4.69, 9.17) is 12.2 Å². The smallest absolute Gasteiger partial charge is 0.268 e. The summed E-state index contributed by atoms with van der Waals surface area (Å²) in [5.74, 6) is 0. The molecule has 0 aliphatic heterocycles. The molecule has 0 atom stereocenters. The summed E-state index contributed by atoms with van der Waals surface area (Å²) in [6, 6.07) is 6.89. The maximum atomic E-state index is 12.4. The molecular formula is C12H8N4OS. The van der Waals surface area contributed by atoms with Crippen LogP contribution in [-0.4, -0.2) is 19.5 Å². The Bertz CT molecular complexity index is 823. The van der Waals surface area contributed by atoms with Crippen molar-refractivity contribution in [3.8, 4) is 5.69 Å². The second kappa shape index (κ2) is 4.15. The Labute approximate surface area is 107 Å². The van der Waals surface area contributed by atoms with E-state index >= 15 is 0 Å². The summed E-state index contributed by atoms with van der Waals surface area (Å²) in [5.41, 5.74) is 0.993. The third kappa shape index (κ3) is 1.63. The van der Waals surface area contributed by atoms with Gasteiger partial charge in [-0.15, -0.1) is 0 Å². The molecule has 0 unspecified atom stereocenters. The molecule has 1 N–H and O–H groups in total. The van der Waals surface area contributed by atoms with Crippen molar-refractivity contribution in [1.82, 2.24) is 19.5 Å². The van der Waals surface area contributed by atoms with Gasteiger partial charge in [-0.1, -0.05) is 0 Å². The van der Waals surface area contributed by atoms with Crippen LogP contribution in [0.25, 0.3) is 16.7 Å². The van der Waals surface area contributed by atoms with Gasteiger partial charge in [-0.25, -0.2) is 4.98 Å². The van der Waals surface area contributed by atoms with E-state index in [2.05, 4.69) is 15.0 Å². The Balaban J connectivity index is 2.45. The van der Waals surface area contributed by atoms with Crippen LogP contribution in [0.2, 0.25) is 0 Å². The van der Waals surface area contributed by atoms with Crippen LogP contribution in [0.15, 0.2) is 47.7 Å². The number of pyridine rings is 2. The van der Waals surface area contributed by atoms with E-state index in [1.54, 1.807) is 42.9 Å². The van der Waals surface area contributed by atoms with Crippen molar-refractivity contribution >= 4 is 23.3 Å². The maximum Gasteiger partial charge on any atom is 0.268 e. The molecule has 88 valence electrons. The Morgan fingerprint density at radius 2 is 1.94 bits per heavy atom. The van der Waals surface area contributed by atoms with E-state index < -0.39 is 0 Å². The SMILES string of the molecule is O=c1c2cccnc2[nH]c(=S)n1-c1ccncc1. The van der Waals surface area contributed by atoms with Gasteiger partial charge in [0.1, 0.15) is 5.65 Å². The van der Waals surface area contributed by atoms with Gasteiger partial charge in [0.15, 0.2) is 4.77 Å². The Morgan fingerprint density at radius 3 is 2.72 bits per heavy atom. The van der Waals surface area contributed by atoms with Gasteiger partial charge < -0.3 is 4.98 Å². The molecule has 0 aromatic carbocycles. The molecule has 0 aliphatic rings. The quantitative estimate of drug-likeness (QED) is 0.675. The molecule has 18 heavy (non-hydrogen) atoms. The summed E-state index contributed by atoms with van der Waals surface area (Å²) < 4.78 is 1.75. The third-order valence-electron chi connectivity index (χ3n) is 2.59. The molecule has 3 aromatic heterocycles. The molecule has 0 fully saturated rings. The van der Waals surface area contributed by atoms with Crippen molar-refractivity contribution in [3.63, 3.8) is 0 Å². The second-order valence-corrected chi connectivity index (χ2v) is 4.06. The first kappa shape index (κ1) is 10.8. The number of aromatic nitrogens is 4. The highest BCUT2D eigenvalue weighted by Gasteiger charge is 2.07. The van der Waals surface area contributed by atoms with Crippen molar-refractivity contribution in [2.45, 2.75) is 0 Å². The second-order valence-electron chi connectivity index (χ2n) is 3.68. The van der Waals surface area contributed by atoms with Crippen molar-refractivity contribution in [1.29, 1.82) is 0 Å². The topological polar surface area (TPSA) is 63.6 Å². The van der Waals surface area contributed by atoms with Crippen LogP contribution in [0.1, 0.15) is 0 Å². The van der Waals surface area contributed by atoms with Crippen LogP contribution < -0.4 is 5.56 Å². The summed E-state index contributed by atoms with van der Waals surface area (Å²) in [4.78, 5) is 23.3. The molecule has 3 heterocycles. The van der Waals surface area contributed by atoms with Crippen LogP contribution in [0.5, 0.6) is 0 Å². The summed E-state index contributed by atoms with van der Waals surface area (Å²) in [6.45, 7) is 0. The lowest BCUT2D eigenvalue weighted by molar-refractivity contribution is 0.930. The highest BCUT2D eigenvalue weighted by Crippen LogP contribution is 2.07. The van der Waals surface area contributed by atoms with Gasteiger partial charge in [-0.2, -0.15) is 0 Å². The van der Waals surface area contributed by atoms with Gasteiger partial charge in [-0.05, 0) is 36.5 Å². The van der Waals surface area contributed by atoms with E-state index in [1.165, 1.54) is 4.57 Å². The first-order valence-electron chi connectivity index (χ1n) is 5.28. The monoisotopic (exact) mass is 256 g/mol. The molecule has 0 bridgehead atoms. The van der Waals surface area contributed by atoms with Crippen molar-refractivity contribution in [3.05, 3.63) is 58.0 Å². The fraction of sp³-hybridized carbons (Fsp3) is 0. The van der Waals surface area contributed by atoms with Gasteiger partial charge in [0.05, 0.1) is 11.1 Å². The number of aromatic amines is 1. The lowest BCUT2D eigenvalue weighted by Crippen LogP contribution is -2.20. The van der Waals surface area contributed by atoms with E-state index in [-0.39, 0.29) is 5.56 Å². The summed E-state index contributed by atoms with van der Waals surface area (Å²) in [5, 5.41) is 0.503. The van der Waals surface area contributed by atoms with E-state index in [1.807, 2.05) is 0 Å². The lowest BCUT2D eigenvalue weighted by atomic mass is 10.3. The largest absolute Gasteiger partial charge is 0.316 e. The normalized spacial score (nSPS) is 10.7. The maximum absolute atomic E-state index is 12.4. The van der Waals surface area contributed by atoms with Crippen LogP contribution in [0.4, 0.5) is 0 Å². The van der Waals surface area contributed by atoms with Crippen LogP contribution in [0.3, 0.4) is 0 Å². The van der Waals surface area contributed by atoms with Gasteiger partial charge in [-0.3, -0.25) is 14.3 Å². The van der Waals surface area contributed by atoms with Gasteiger partial charge in [0.2, 0.25) is 0 Å². The number of H-pyrrole nitrogens is 1. The minimum Gasteiger partial charge on any atom is -0.316 e. The average molecular weight is 256 g/mol. The first-order valence-corrected chi connectivity index (χ1v) is 5.68. The molecular weight excluding hydrogens is 248 g/mol. The summed E-state index contributed by atoms with van der Waals surface area (Å²) in [7, 11) is 0. The molecule has 3 rings (SSSR count). The highest BCUT2D eigenvalue weighted by atomic mass is 32.1. The van der Waals surface area contributed by atoms with Gasteiger partial charge in [0, 0.05) is 18.6 Å². The van der Waals surface area contributed by atoms with E-state index in [9.17, 15) is 4.79 Å². The van der Waals surface area contributed by atoms with Crippen molar-refractivity contribution < 1.29 is 0 Å². The Kier molecular flexibility index (Phi) is 2.49. The third-order valence-corrected chi connectivity index (χ3v) is 2.88. The van der Waals surface area contributed by atoms with E-state index in [0.29, 0.717) is 21.5 Å². The average Bonchev–Trinajstić information content (AvgIpc) is 2.40. The number of nitrogens with zero attached hydrogens (tertiary/aromatic N) is 3. The minimum atomic E-state index is -0.187. The molecule has 3 aromatic rings. The molecule has 0 saturated heterocycles. The number of hydrogen-bond donors (Lipinski definition) is 1. The fourth-order valence-electron chi connectivity index (χ4n) is 1.77. The predicted octanol–water partition coefficient (Wildman–Crippen LogP) is 1.84. The van der Waals surface area contributed by atoms with Crippen LogP contribution >= 0.6 is 12.2 Å². The van der Waals surface area contributed by atoms with Crippen LogP contribution in [0, 0.1) is 4.77 Å². The molecule has 0 amide bonds. The van der Waals surface area contributed by atoms with E-state index in [0.717, 1.165) is 0 Å². The van der Waals surface area contributed by atoms with Crippen molar-refractivity contribution in [2.75, 3.05) is 0 Å². The number of fused-ring (bicyclic) bond motifs is 1. The zero-order chi connectivity index (χ0) is 12.5. The summed E-state index contributed by atoms with van der Waals surface area (Å²) >= 11 is 5.20. The Morgan fingerprint density at radius 1 is 1.17 bits per heavy atom. The Hall–Kier alpha value is -2.34. The predicted molar refractivity (Wildman–Crippen MR) is 70.3 cm³/mol. The first-order chi connectivity index (χ1) is 8.77. The molecule has 6 heteroatoms. The van der Waals surface area contributed by atoms with Gasteiger partial charge >= 0.3 is 0 Å². The molecule has 0 spiro atoms. The highest BCUT2D eigenvalue weighted by molar-refractivity contribution is 7.71. The summed E-state index contributed by atoms with van der Waals surface area (Å²) in [6.07, 6.45) is 4.85. The lowest BCUT2D eigenvalue weighted by Gasteiger charge is -2.06. The zero-order valence-electron chi connectivity index (χ0n) is 9.20. The molecule has 0 aliphatic carbocycles. The number of hydrogen-bond acceptors (Lipinski definition) is 4. The zero-order valence-corrected chi connectivity index (χ0v) is 10.0. The number of nitrogens with one attached hydrogen (secondary N) is 1. The molecule has 0 saturated carbocycles. The molecule has 0 radical (unpaired) electrons. The van der Waals surface area contributed by atoms with Gasteiger partial charge in [0.25, 0.3) is 5.56 Å².